The Bertz CT molecular complexity index is 218. The Morgan fingerprint density at radius 1 is 1.00 bits per heavy atom. The fraction of sp³-hybridized carbons (Fsp3) is 1.00. The lowest BCUT2D eigenvalue weighted by Crippen LogP contribution is -2.58. The van der Waals surface area contributed by atoms with E-state index in [1.165, 1.54) is 58.4 Å². The van der Waals surface area contributed by atoms with Crippen molar-refractivity contribution in [3.63, 3.8) is 0 Å². The van der Waals surface area contributed by atoms with Crippen LogP contribution in [0.2, 0.25) is 0 Å². The Labute approximate surface area is 106 Å². The van der Waals surface area contributed by atoms with Crippen molar-refractivity contribution in [1.82, 2.24) is 9.80 Å². The summed E-state index contributed by atoms with van der Waals surface area (Å²) >= 11 is 0. The van der Waals surface area contributed by atoms with Gasteiger partial charge in [0.2, 0.25) is 0 Å². The second-order valence-corrected chi connectivity index (χ2v) is 5.52. The maximum Gasteiger partial charge on any atom is 0.0483 e. The summed E-state index contributed by atoms with van der Waals surface area (Å²) in [4.78, 5) is 5.36. The third-order valence-corrected chi connectivity index (χ3v) is 4.66. The molecule has 2 aliphatic rings. The highest BCUT2D eigenvalue weighted by atomic mass is 16.5. The zero-order valence-electron chi connectivity index (χ0n) is 11.6. The summed E-state index contributed by atoms with van der Waals surface area (Å²) < 4.78 is 5.54. The lowest BCUT2D eigenvalue weighted by Gasteiger charge is -2.49. The Balaban J connectivity index is 1.89. The Morgan fingerprint density at radius 3 is 2.18 bits per heavy atom. The predicted molar refractivity (Wildman–Crippen MR) is 71.4 cm³/mol. The molecule has 0 N–H and O–H groups in total. The molecule has 2 aliphatic heterocycles. The van der Waals surface area contributed by atoms with Crippen molar-refractivity contribution >= 4 is 0 Å². The molecule has 100 valence electrons. The van der Waals surface area contributed by atoms with Crippen LogP contribution in [0.3, 0.4) is 0 Å². The van der Waals surface area contributed by atoms with E-state index < -0.39 is 0 Å². The summed E-state index contributed by atoms with van der Waals surface area (Å²) in [5.74, 6) is 0. The van der Waals surface area contributed by atoms with Crippen LogP contribution < -0.4 is 0 Å². The average Bonchev–Trinajstić information content (AvgIpc) is 2.41. The van der Waals surface area contributed by atoms with Crippen molar-refractivity contribution in [3.8, 4) is 0 Å². The molecule has 3 nitrogen and oxygen atoms in total. The summed E-state index contributed by atoms with van der Waals surface area (Å²) in [6.45, 7) is 12.9. The van der Waals surface area contributed by atoms with Crippen LogP contribution in [0, 0.1) is 0 Å². The standard InChI is InChI=1S/C14H28N2O/c1-3-7-15-8-10-16(11-9-15)14(4-2)5-12-17-13-6-14/h3-13H2,1-2H3. The summed E-state index contributed by atoms with van der Waals surface area (Å²) in [6, 6.07) is 0. The summed E-state index contributed by atoms with van der Waals surface area (Å²) in [5.41, 5.74) is 0.455. The minimum absolute atomic E-state index is 0.455. The quantitative estimate of drug-likeness (QED) is 0.747. The molecule has 0 spiro atoms. The topological polar surface area (TPSA) is 15.7 Å². The van der Waals surface area contributed by atoms with E-state index in [0.717, 1.165) is 13.2 Å². The SMILES string of the molecule is CCCN1CCN(C2(CC)CCOCC2)CC1. The lowest BCUT2D eigenvalue weighted by molar-refractivity contribution is -0.0490. The first-order valence-corrected chi connectivity index (χ1v) is 7.36. The predicted octanol–water partition coefficient (Wildman–Crippen LogP) is 1.97. The molecule has 0 radical (unpaired) electrons. The van der Waals surface area contributed by atoms with Gasteiger partial charge in [-0.2, -0.15) is 0 Å². The van der Waals surface area contributed by atoms with Gasteiger partial charge in [-0.05, 0) is 32.2 Å². The van der Waals surface area contributed by atoms with Crippen LogP contribution in [0.1, 0.15) is 39.5 Å². The number of hydrogen-bond donors (Lipinski definition) is 0. The zero-order chi connectivity index (χ0) is 12.1. The van der Waals surface area contributed by atoms with E-state index in [9.17, 15) is 0 Å². The number of nitrogens with zero attached hydrogens (tertiary/aromatic N) is 2. The van der Waals surface area contributed by atoms with Gasteiger partial charge in [0.05, 0.1) is 0 Å². The van der Waals surface area contributed by atoms with Crippen LogP contribution in [0.25, 0.3) is 0 Å². The Hall–Kier alpha value is -0.120. The normalized spacial score (nSPS) is 27.2. The maximum absolute atomic E-state index is 5.54. The van der Waals surface area contributed by atoms with E-state index in [0.29, 0.717) is 5.54 Å². The number of rotatable bonds is 4. The van der Waals surface area contributed by atoms with Gasteiger partial charge in [0.15, 0.2) is 0 Å². The van der Waals surface area contributed by atoms with Crippen LogP contribution in [-0.4, -0.2) is 61.3 Å². The van der Waals surface area contributed by atoms with E-state index in [2.05, 4.69) is 23.6 Å². The van der Waals surface area contributed by atoms with Gasteiger partial charge in [-0.25, -0.2) is 0 Å². The van der Waals surface area contributed by atoms with E-state index in [4.69, 9.17) is 4.74 Å². The van der Waals surface area contributed by atoms with Crippen LogP contribution in [-0.2, 0) is 4.74 Å². The first-order chi connectivity index (χ1) is 8.30. The molecule has 0 aromatic carbocycles. The minimum Gasteiger partial charge on any atom is -0.381 e. The van der Waals surface area contributed by atoms with Crippen LogP contribution in [0.15, 0.2) is 0 Å². The molecule has 2 saturated heterocycles. The molecule has 2 rings (SSSR count). The van der Waals surface area contributed by atoms with E-state index in [1.807, 2.05) is 0 Å². The molecule has 0 bridgehead atoms. The highest BCUT2D eigenvalue weighted by Gasteiger charge is 2.37. The van der Waals surface area contributed by atoms with Gasteiger partial charge in [0.1, 0.15) is 0 Å². The second-order valence-electron chi connectivity index (χ2n) is 5.52. The van der Waals surface area contributed by atoms with Crippen LogP contribution in [0.4, 0.5) is 0 Å². The maximum atomic E-state index is 5.54. The number of piperazine rings is 1. The summed E-state index contributed by atoms with van der Waals surface area (Å²) in [6.07, 6.45) is 5.03. The fourth-order valence-corrected chi connectivity index (χ4v) is 3.41. The molecule has 17 heavy (non-hydrogen) atoms. The van der Waals surface area contributed by atoms with E-state index in [-0.39, 0.29) is 0 Å². The van der Waals surface area contributed by atoms with Gasteiger partial charge >= 0.3 is 0 Å². The van der Waals surface area contributed by atoms with Gasteiger partial charge < -0.3 is 9.64 Å². The minimum atomic E-state index is 0.455. The largest absolute Gasteiger partial charge is 0.381 e. The van der Waals surface area contributed by atoms with Crippen molar-refractivity contribution in [2.24, 2.45) is 0 Å². The first kappa shape index (κ1) is 13.3. The number of hydrogen-bond acceptors (Lipinski definition) is 3. The van der Waals surface area contributed by atoms with Crippen molar-refractivity contribution in [2.45, 2.75) is 45.1 Å². The van der Waals surface area contributed by atoms with Gasteiger partial charge in [0.25, 0.3) is 0 Å². The zero-order valence-corrected chi connectivity index (χ0v) is 11.6. The molecule has 0 aromatic heterocycles. The highest BCUT2D eigenvalue weighted by Crippen LogP contribution is 2.31. The molecule has 2 fully saturated rings. The molecular weight excluding hydrogens is 212 g/mol. The lowest BCUT2D eigenvalue weighted by atomic mass is 9.85. The molecule has 2 heterocycles. The first-order valence-electron chi connectivity index (χ1n) is 7.36. The van der Waals surface area contributed by atoms with Crippen LogP contribution >= 0.6 is 0 Å². The van der Waals surface area contributed by atoms with Crippen molar-refractivity contribution in [1.29, 1.82) is 0 Å². The van der Waals surface area contributed by atoms with Crippen LogP contribution in [0.5, 0.6) is 0 Å². The Kier molecular flexibility index (Phi) is 4.83. The molecule has 0 amide bonds. The molecule has 0 unspecified atom stereocenters. The smallest absolute Gasteiger partial charge is 0.0483 e. The molecule has 3 heteroatoms. The van der Waals surface area contributed by atoms with Gasteiger partial charge in [0, 0.05) is 44.9 Å². The molecule has 0 saturated carbocycles. The van der Waals surface area contributed by atoms with Gasteiger partial charge in [-0.3, -0.25) is 4.90 Å². The van der Waals surface area contributed by atoms with Crippen molar-refractivity contribution < 1.29 is 4.74 Å². The third-order valence-electron chi connectivity index (χ3n) is 4.66. The fourth-order valence-electron chi connectivity index (χ4n) is 3.41. The van der Waals surface area contributed by atoms with Gasteiger partial charge in [-0.1, -0.05) is 13.8 Å². The number of ether oxygens (including phenoxy) is 1. The molecule has 0 aromatic rings. The second kappa shape index (κ2) is 6.17. The monoisotopic (exact) mass is 240 g/mol. The van der Waals surface area contributed by atoms with Crippen molar-refractivity contribution in [2.75, 3.05) is 45.9 Å². The summed E-state index contributed by atoms with van der Waals surface area (Å²) in [7, 11) is 0. The van der Waals surface area contributed by atoms with Gasteiger partial charge in [-0.15, -0.1) is 0 Å². The third kappa shape index (κ3) is 3.01. The van der Waals surface area contributed by atoms with E-state index >= 15 is 0 Å². The molecule has 0 atom stereocenters. The van der Waals surface area contributed by atoms with E-state index in [1.54, 1.807) is 0 Å². The average molecular weight is 240 g/mol. The van der Waals surface area contributed by atoms with Crippen molar-refractivity contribution in [3.05, 3.63) is 0 Å². The summed E-state index contributed by atoms with van der Waals surface area (Å²) in [5, 5.41) is 0. The Morgan fingerprint density at radius 2 is 1.65 bits per heavy atom. The molecular formula is C14H28N2O. The molecule has 0 aliphatic carbocycles. The highest BCUT2D eigenvalue weighted by molar-refractivity contribution is 4.93.